The van der Waals surface area contributed by atoms with Crippen LogP contribution in [0.3, 0.4) is 0 Å². The van der Waals surface area contributed by atoms with Crippen molar-refractivity contribution in [2.75, 3.05) is 32.8 Å². The van der Waals surface area contributed by atoms with Crippen molar-refractivity contribution >= 4 is 0 Å². The van der Waals surface area contributed by atoms with E-state index in [-0.39, 0.29) is 0 Å². The number of nitrogens with zero attached hydrogens (tertiary/aromatic N) is 1. The van der Waals surface area contributed by atoms with E-state index in [4.69, 9.17) is 10.5 Å². The summed E-state index contributed by atoms with van der Waals surface area (Å²) in [6, 6.07) is 0.618. The van der Waals surface area contributed by atoms with E-state index in [2.05, 4.69) is 11.8 Å². The van der Waals surface area contributed by atoms with Gasteiger partial charge in [-0.3, -0.25) is 4.90 Å². The molecule has 3 heteroatoms. The molecule has 1 aliphatic heterocycles. The highest BCUT2D eigenvalue weighted by Crippen LogP contribution is 2.12. The second kappa shape index (κ2) is 5.51. The number of hydrogen-bond acceptors (Lipinski definition) is 3. The van der Waals surface area contributed by atoms with Gasteiger partial charge in [0.25, 0.3) is 0 Å². The van der Waals surface area contributed by atoms with Gasteiger partial charge in [0.15, 0.2) is 0 Å². The molecule has 0 aliphatic carbocycles. The molecule has 0 amide bonds. The minimum atomic E-state index is 0.618. The SMILES string of the molecule is CCN(CCN)C1CCCOC1. The third kappa shape index (κ3) is 2.73. The van der Waals surface area contributed by atoms with Crippen molar-refractivity contribution in [1.82, 2.24) is 4.90 Å². The standard InChI is InChI=1S/C9H20N2O/c1-2-11(6-5-10)9-4-3-7-12-8-9/h9H,2-8,10H2,1H3. The number of hydrogen-bond donors (Lipinski definition) is 1. The zero-order valence-corrected chi connectivity index (χ0v) is 7.96. The largest absolute Gasteiger partial charge is 0.380 e. The Kier molecular flexibility index (Phi) is 4.58. The van der Waals surface area contributed by atoms with Crippen LogP contribution >= 0.6 is 0 Å². The average molecular weight is 172 g/mol. The van der Waals surface area contributed by atoms with Gasteiger partial charge in [0.2, 0.25) is 0 Å². The highest BCUT2D eigenvalue weighted by Gasteiger charge is 2.19. The molecule has 0 aromatic rings. The van der Waals surface area contributed by atoms with Crippen LogP contribution in [0.1, 0.15) is 19.8 Å². The quantitative estimate of drug-likeness (QED) is 0.669. The second-order valence-corrected chi connectivity index (χ2v) is 3.29. The summed E-state index contributed by atoms with van der Waals surface area (Å²) in [6.45, 7) is 6.87. The Morgan fingerprint density at radius 2 is 2.42 bits per heavy atom. The lowest BCUT2D eigenvalue weighted by Gasteiger charge is -2.32. The molecule has 12 heavy (non-hydrogen) atoms. The highest BCUT2D eigenvalue weighted by atomic mass is 16.5. The van der Waals surface area contributed by atoms with Crippen LogP contribution in [0.4, 0.5) is 0 Å². The maximum absolute atomic E-state index is 5.53. The molecule has 0 bridgehead atoms. The summed E-state index contributed by atoms with van der Waals surface area (Å²) in [5, 5.41) is 0. The van der Waals surface area contributed by atoms with E-state index in [1.165, 1.54) is 12.8 Å². The summed E-state index contributed by atoms with van der Waals surface area (Å²) < 4.78 is 5.43. The third-order valence-electron chi connectivity index (χ3n) is 2.48. The lowest BCUT2D eigenvalue weighted by Crippen LogP contribution is -2.43. The van der Waals surface area contributed by atoms with Gasteiger partial charge < -0.3 is 10.5 Å². The van der Waals surface area contributed by atoms with Crippen LogP contribution in [0.2, 0.25) is 0 Å². The lowest BCUT2D eigenvalue weighted by molar-refractivity contribution is 0.0209. The Balaban J connectivity index is 2.29. The first-order valence-electron chi connectivity index (χ1n) is 4.90. The van der Waals surface area contributed by atoms with E-state index in [0.717, 1.165) is 32.8 Å². The van der Waals surface area contributed by atoms with Crippen LogP contribution in [0.15, 0.2) is 0 Å². The fourth-order valence-corrected chi connectivity index (χ4v) is 1.78. The Labute approximate surface area is 74.9 Å². The van der Waals surface area contributed by atoms with Crippen LogP contribution in [-0.2, 0) is 4.74 Å². The van der Waals surface area contributed by atoms with Crippen molar-refractivity contribution in [2.45, 2.75) is 25.8 Å². The molecular formula is C9H20N2O. The van der Waals surface area contributed by atoms with Crippen LogP contribution in [-0.4, -0.2) is 43.8 Å². The zero-order valence-electron chi connectivity index (χ0n) is 7.96. The maximum atomic E-state index is 5.53. The maximum Gasteiger partial charge on any atom is 0.0621 e. The van der Waals surface area contributed by atoms with E-state index in [0.29, 0.717) is 6.04 Å². The molecular weight excluding hydrogens is 152 g/mol. The Hall–Kier alpha value is -0.120. The molecule has 3 nitrogen and oxygen atoms in total. The van der Waals surface area contributed by atoms with Crippen LogP contribution in [0.25, 0.3) is 0 Å². The Morgan fingerprint density at radius 1 is 1.58 bits per heavy atom. The molecule has 0 radical (unpaired) electrons. The molecule has 1 unspecified atom stereocenters. The lowest BCUT2D eigenvalue weighted by atomic mass is 10.1. The van der Waals surface area contributed by atoms with Gasteiger partial charge in [0.1, 0.15) is 0 Å². The van der Waals surface area contributed by atoms with E-state index >= 15 is 0 Å². The summed E-state index contributed by atoms with van der Waals surface area (Å²) >= 11 is 0. The van der Waals surface area contributed by atoms with Gasteiger partial charge in [-0.25, -0.2) is 0 Å². The number of rotatable bonds is 4. The van der Waals surface area contributed by atoms with Crippen molar-refractivity contribution in [1.29, 1.82) is 0 Å². The highest BCUT2D eigenvalue weighted by molar-refractivity contribution is 4.73. The minimum absolute atomic E-state index is 0.618. The molecule has 2 N–H and O–H groups in total. The second-order valence-electron chi connectivity index (χ2n) is 3.29. The molecule has 0 aromatic heterocycles. The first-order valence-corrected chi connectivity index (χ1v) is 4.90. The molecule has 0 saturated carbocycles. The molecule has 0 spiro atoms. The topological polar surface area (TPSA) is 38.5 Å². The third-order valence-corrected chi connectivity index (χ3v) is 2.48. The molecule has 1 heterocycles. The fourth-order valence-electron chi connectivity index (χ4n) is 1.78. The van der Waals surface area contributed by atoms with Crippen LogP contribution in [0, 0.1) is 0 Å². The normalized spacial score (nSPS) is 24.8. The molecule has 1 aliphatic rings. The summed E-state index contributed by atoms with van der Waals surface area (Å²) in [7, 11) is 0. The summed E-state index contributed by atoms with van der Waals surface area (Å²) in [5.74, 6) is 0. The molecule has 72 valence electrons. The number of nitrogens with two attached hydrogens (primary N) is 1. The smallest absolute Gasteiger partial charge is 0.0621 e. The Morgan fingerprint density at radius 3 is 2.92 bits per heavy atom. The first-order chi connectivity index (χ1) is 5.88. The predicted molar refractivity (Wildman–Crippen MR) is 50.1 cm³/mol. The van der Waals surface area contributed by atoms with Gasteiger partial charge >= 0.3 is 0 Å². The monoisotopic (exact) mass is 172 g/mol. The van der Waals surface area contributed by atoms with E-state index in [1.807, 2.05) is 0 Å². The molecule has 0 aromatic carbocycles. The van der Waals surface area contributed by atoms with Crippen LogP contribution in [0.5, 0.6) is 0 Å². The van der Waals surface area contributed by atoms with Gasteiger partial charge in [0, 0.05) is 25.7 Å². The van der Waals surface area contributed by atoms with Crippen molar-refractivity contribution in [2.24, 2.45) is 5.73 Å². The van der Waals surface area contributed by atoms with Gasteiger partial charge in [0.05, 0.1) is 6.61 Å². The first kappa shape index (κ1) is 9.96. The molecule has 1 atom stereocenters. The average Bonchev–Trinajstić information content (AvgIpc) is 2.15. The number of likely N-dealkylation sites (N-methyl/N-ethyl adjacent to an activating group) is 1. The van der Waals surface area contributed by atoms with Crippen molar-refractivity contribution in [3.63, 3.8) is 0 Å². The summed E-state index contributed by atoms with van der Waals surface area (Å²) in [4.78, 5) is 2.42. The van der Waals surface area contributed by atoms with Gasteiger partial charge in [-0.2, -0.15) is 0 Å². The van der Waals surface area contributed by atoms with Gasteiger partial charge in [-0.05, 0) is 19.4 Å². The molecule has 1 fully saturated rings. The predicted octanol–water partition coefficient (Wildman–Crippen LogP) is 0.446. The summed E-state index contributed by atoms with van der Waals surface area (Å²) in [6.07, 6.45) is 2.47. The van der Waals surface area contributed by atoms with Crippen molar-refractivity contribution in [3.8, 4) is 0 Å². The van der Waals surface area contributed by atoms with Crippen LogP contribution < -0.4 is 5.73 Å². The number of ether oxygens (including phenoxy) is 1. The van der Waals surface area contributed by atoms with E-state index < -0.39 is 0 Å². The van der Waals surface area contributed by atoms with E-state index in [9.17, 15) is 0 Å². The zero-order chi connectivity index (χ0) is 8.81. The minimum Gasteiger partial charge on any atom is -0.380 e. The van der Waals surface area contributed by atoms with Gasteiger partial charge in [-0.15, -0.1) is 0 Å². The summed E-state index contributed by atoms with van der Waals surface area (Å²) in [5.41, 5.74) is 5.53. The van der Waals surface area contributed by atoms with Crippen molar-refractivity contribution in [3.05, 3.63) is 0 Å². The molecule has 1 saturated heterocycles. The van der Waals surface area contributed by atoms with E-state index in [1.54, 1.807) is 0 Å². The Bertz CT molecular complexity index is 110. The molecule has 1 rings (SSSR count). The van der Waals surface area contributed by atoms with Gasteiger partial charge in [-0.1, -0.05) is 6.92 Å². The fraction of sp³-hybridized carbons (Fsp3) is 1.00. The van der Waals surface area contributed by atoms with Crippen molar-refractivity contribution < 1.29 is 4.74 Å².